The standard InChI is InChI=1S/C21H29N3O6S/c1-4-30-21(27)15-7-10-23(11-8-15)19(25)14-22(2)20(26)17-5-6-18-16(13-17)9-12-24(18)31(3,28)29/h5-6,13,15H,4,7-12,14H2,1-3H3. The maximum atomic E-state index is 12.8. The molecule has 9 nitrogen and oxygen atoms in total. The van der Waals surface area contributed by atoms with Gasteiger partial charge < -0.3 is 14.5 Å². The molecular weight excluding hydrogens is 422 g/mol. The number of carbonyl (C=O) groups is 3. The molecule has 2 heterocycles. The van der Waals surface area contributed by atoms with Crippen LogP contribution >= 0.6 is 0 Å². The first-order valence-electron chi connectivity index (χ1n) is 10.4. The van der Waals surface area contributed by atoms with E-state index in [0.29, 0.717) is 56.8 Å². The molecule has 1 saturated heterocycles. The fraction of sp³-hybridized carbons (Fsp3) is 0.571. The van der Waals surface area contributed by atoms with Crippen LogP contribution in [0, 0.1) is 5.92 Å². The van der Waals surface area contributed by atoms with Crippen molar-refractivity contribution in [2.75, 3.05) is 50.4 Å². The van der Waals surface area contributed by atoms with Gasteiger partial charge in [-0.15, -0.1) is 0 Å². The van der Waals surface area contributed by atoms with Crippen LogP contribution in [0.1, 0.15) is 35.7 Å². The van der Waals surface area contributed by atoms with Crippen molar-refractivity contribution in [3.63, 3.8) is 0 Å². The van der Waals surface area contributed by atoms with Crippen molar-refractivity contribution >= 4 is 33.5 Å². The molecule has 170 valence electrons. The van der Waals surface area contributed by atoms with Gasteiger partial charge in [0.1, 0.15) is 0 Å². The summed E-state index contributed by atoms with van der Waals surface area (Å²) in [6.07, 6.45) is 2.82. The molecule has 1 aromatic carbocycles. The van der Waals surface area contributed by atoms with Gasteiger partial charge in [-0.25, -0.2) is 8.42 Å². The van der Waals surface area contributed by atoms with E-state index in [1.165, 1.54) is 9.21 Å². The van der Waals surface area contributed by atoms with Crippen molar-refractivity contribution < 1.29 is 27.5 Å². The zero-order valence-corrected chi connectivity index (χ0v) is 19.0. The number of fused-ring (bicyclic) bond motifs is 1. The van der Waals surface area contributed by atoms with E-state index in [9.17, 15) is 22.8 Å². The molecular formula is C21H29N3O6S. The molecule has 2 aliphatic heterocycles. The van der Waals surface area contributed by atoms with Crippen LogP contribution in [0.5, 0.6) is 0 Å². The van der Waals surface area contributed by atoms with Crippen molar-refractivity contribution in [2.24, 2.45) is 5.92 Å². The summed E-state index contributed by atoms with van der Waals surface area (Å²) in [5.41, 5.74) is 1.82. The van der Waals surface area contributed by atoms with Gasteiger partial charge in [0, 0.05) is 32.2 Å². The highest BCUT2D eigenvalue weighted by Gasteiger charge is 2.30. The summed E-state index contributed by atoms with van der Waals surface area (Å²) in [4.78, 5) is 40.3. The molecule has 0 aliphatic carbocycles. The first-order valence-corrected chi connectivity index (χ1v) is 12.3. The predicted octanol–water partition coefficient (Wildman–Crippen LogP) is 0.882. The molecule has 2 aliphatic rings. The Morgan fingerprint density at radius 3 is 2.45 bits per heavy atom. The van der Waals surface area contributed by atoms with Gasteiger partial charge in [-0.3, -0.25) is 18.7 Å². The maximum absolute atomic E-state index is 12.8. The molecule has 0 aromatic heterocycles. The molecule has 3 rings (SSSR count). The number of amides is 2. The van der Waals surface area contributed by atoms with Gasteiger partial charge in [0.25, 0.3) is 5.91 Å². The van der Waals surface area contributed by atoms with Crippen molar-refractivity contribution in [1.29, 1.82) is 0 Å². The van der Waals surface area contributed by atoms with E-state index in [-0.39, 0.29) is 30.2 Å². The second-order valence-electron chi connectivity index (χ2n) is 8.00. The summed E-state index contributed by atoms with van der Waals surface area (Å²) < 4.78 is 30.1. The van der Waals surface area contributed by atoms with E-state index in [4.69, 9.17) is 4.74 Å². The Kier molecular flexibility index (Phi) is 6.88. The molecule has 2 amide bonds. The summed E-state index contributed by atoms with van der Waals surface area (Å²) in [7, 11) is -1.78. The number of anilines is 1. The number of sulfonamides is 1. The first kappa shape index (κ1) is 23.1. The minimum Gasteiger partial charge on any atom is -0.466 e. The van der Waals surface area contributed by atoms with E-state index in [1.807, 2.05) is 0 Å². The summed E-state index contributed by atoms with van der Waals surface area (Å²) in [5, 5.41) is 0. The molecule has 0 unspecified atom stereocenters. The van der Waals surface area contributed by atoms with Gasteiger partial charge in [-0.1, -0.05) is 0 Å². The Balaban J connectivity index is 1.58. The Bertz CT molecular complexity index is 969. The third kappa shape index (κ3) is 5.17. The van der Waals surface area contributed by atoms with E-state index < -0.39 is 10.0 Å². The molecule has 0 radical (unpaired) electrons. The van der Waals surface area contributed by atoms with Crippen LogP contribution < -0.4 is 4.31 Å². The fourth-order valence-corrected chi connectivity index (χ4v) is 5.03. The lowest BCUT2D eigenvalue weighted by atomic mass is 9.97. The summed E-state index contributed by atoms with van der Waals surface area (Å²) >= 11 is 0. The summed E-state index contributed by atoms with van der Waals surface area (Å²) in [6.45, 7) is 3.35. The predicted molar refractivity (Wildman–Crippen MR) is 115 cm³/mol. The van der Waals surface area contributed by atoms with Gasteiger partial charge in [-0.2, -0.15) is 0 Å². The Labute approximate surface area is 183 Å². The highest BCUT2D eigenvalue weighted by Crippen LogP contribution is 2.31. The molecule has 10 heteroatoms. The second kappa shape index (κ2) is 9.25. The number of esters is 1. The van der Waals surface area contributed by atoms with Gasteiger partial charge in [-0.05, 0) is 49.9 Å². The van der Waals surface area contributed by atoms with E-state index in [2.05, 4.69) is 0 Å². The third-order valence-electron chi connectivity index (χ3n) is 5.77. The second-order valence-corrected chi connectivity index (χ2v) is 9.90. The number of likely N-dealkylation sites (tertiary alicyclic amines) is 1. The van der Waals surface area contributed by atoms with E-state index in [0.717, 1.165) is 11.8 Å². The fourth-order valence-electron chi connectivity index (χ4n) is 4.07. The highest BCUT2D eigenvalue weighted by molar-refractivity contribution is 7.92. The van der Waals surface area contributed by atoms with Crippen molar-refractivity contribution in [1.82, 2.24) is 9.80 Å². The molecule has 1 aromatic rings. The minimum absolute atomic E-state index is 0.0601. The average molecular weight is 452 g/mol. The quantitative estimate of drug-likeness (QED) is 0.595. The molecule has 31 heavy (non-hydrogen) atoms. The van der Waals surface area contributed by atoms with Crippen molar-refractivity contribution in [3.8, 4) is 0 Å². The van der Waals surface area contributed by atoms with Crippen LogP contribution in [0.25, 0.3) is 0 Å². The Hall–Kier alpha value is -2.62. The number of ether oxygens (including phenoxy) is 1. The lowest BCUT2D eigenvalue weighted by molar-refractivity contribution is -0.151. The lowest BCUT2D eigenvalue weighted by Gasteiger charge is -2.32. The molecule has 0 N–H and O–H groups in total. The van der Waals surface area contributed by atoms with Gasteiger partial charge in [0.05, 0.1) is 31.0 Å². The normalized spacial score (nSPS) is 16.7. The number of benzene rings is 1. The maximum Gasteiger partial charge on any atom is 0.309 e. The van der Waals surface area contributed by atoms with Crippen LogP contribution in [-0.4, -0.2) is 82.1 Å². The van der Waals surface area contributed by atoms with Crippen LogP contribution in [0.3, 0.4) is 0 Å². The monoisotopic (exact) mass is 451 g/mol. The Morgan fingerprint density at radius 1 is 1.16 bits per heavy atom. The lowest BCUT2D eigenvalue weighted by Crippen LogP contribution is -2.45. The topological polar surface area (TPSA) is 104 Å². The van der Waals surface area contributed by atoms with Crippen molar-refractivity contribution in [2.45, 2.75) is 26.2 Å². The number of hydrogen-bond acceptors (Lipinski definition) is 6. The number of piperidine rings is 1. The Morgan fingerprint density at radius 2 is 1.84 bits per heavy atom. The highest BCUT2D eigenvalue weighted by atomic mass is 32.2. The van der Waals surface area contributed by atoms with Gasteiger partial charge in [0.2, 0.25) is 15.9 Å². The molecule has 0 atom stereocenters. The van der Waals surface area contributed by atoms with E-state index >= 15 is 0 Å². The van der Waals surface area contributed by atoms with Crippen molar-refractivity contribution in [3.05, 3.63) is 29.3 Å². The number of carbonyl (C=O) groups excluding carboxylic acids is 3. The van der Waals surface area contributed by atoms with Crippen LogP contribution in [0.2, 0.25) is 0 Å². The zero-order chi connectivity index (χ0) is 22.8. The average Bonchev–Trinajstić information content (AvgIpc) is 3.17. The zero-order valence-electron chi connectivity index (χ0n) is 18.2. The SMILES string of the molecule is CCOC(=O)C1CCN(C(=O)CN(C)C(=O)c2ccc3c(c2)CCN3S(C)(=O)=O)CC1. The molecule has 0 saturated carbocycles. The third-order valence-corrected chi connectivity index (χ3v) is 6.95. The largest absolute Gasteiger partial charge is 0.466 e. The first-order chi connectivity index (χ1) is 14.6. The minimum atomic E-state index is -3.35. The molecule has 0 bridgehead atoms. The number of rotatable bonds is 6. The smallest absolute Gasteiger partial charge is 0.309 e. The number of likely N-dealkylation sites (N-methyl/N-ethyl adjacent to an activating group) is 1. The van der Waals surface area contributed by atoms with Crippen LogP contribution in [0.15, 0.2) is 18.2 Å². The van der Waals surface area contributed by atoms with Gasteiger partial charge >= 0.3 is 5.97 Å². The molecule has 1 fully saturated rings. The number of hydrogen-bond donors (Lipinski definition) is 0. The van der Waals surface area contributed by atoms with Crippen LogP contribution in [0.4, 0.5) is 5.69 Å². The van der Waals surface area contributed by atoms with Crippen LogP contribution in [-0.2, 0) is 30.8 Å². The molecule has 0 spiro atoms. The van der Waals surface area contributed by atoms with E-state index in [1.54, 1.807) is 37.1 Å². The summed E-state index contributed by atoms with van der Waals surface area (Å²) in [6, 6.07) is 4.94. The summed E-state index contributed by atoms with van der Waals surface area (Å²) in [5.74, 6) is -0.854. The number of nitrogens with zero attached hydrogens (tertiary/aromatic N) is 3. The van der Waals surface area contributed by atoms with Gasteiger partial charge in [0.15, 0.2) is 0 Å².